The summed E-state index contributed by atoms with van der Waals surface area (Å²) in [4.78, 5) is 20.2. The maximum Gasteiger partial charge on any atom is 0.241 e. The van der Waals surface area contributed by atoms with E-state index in [1.807, 2.05) is 34.5 Å². The maximum atomic E-state index is 13.7. The molecule has 2 aromatic heterocycles. The van der Waals surface area contributed by atoms with Crippen molar-refractivity contribution in [3.8, 4) is 11.5 Å². The zero-order valence-electron chi connectivity index (χ0n) is 18.5. The van der Waals surface area contributed by atoms with E-state index < -0.39 is 0 Å². The topological polar surface area (TPSA) is 51.2 Å². The van der Waals surface area contributed by atoms with Crippen LogP contribution in [0.15, 0.2) is 53.2 Å². The summed E-state index contributed by atoms with van der Waals surface area (Å²) in [6.45, 7) is 4.25. The highest BCUT2D eigenvalue weighted by atomic mass is 32.1. The van der Waals surface area contributed by atoms with Crippen LogP contribution >= 0.6 is 22.7 Å². The van der Waals surface area contributed by atoms with E-state index in [1.165, 1.54) is 4.88 Å². The van der Waals surface area contributed by atoms with E-state index in [9.17, 15) is 4.79 Å². The summed E-state index contributed by atoms with van der Waals surface area (Å²) in [5.74, 6) is 1.48. The minimum Gasteiger partial charge on any atom is -0.486 e. The van der Waals surface area contributed by atoms with Crippen molar-refractivity contribution in [2.75, 3.05) is 37.8 Å². The Morgan fingerprint density at radius 1 is 0.939 bits per heavy atom. The van der Waals surface area contributed by atoms with Crippen LogP contribution in [0.25, 0.3) is 0 Å². The molecule has 0 N–H and O–H groups in total. The maximum absolute atomic E-state index is 13.7. The number of fused-ring (bicyclic) bond motifs is 1. The van der Waals surface area contributed by atoms with Crippen LogP contribution in [0.2, 0.25) is 0 Å². The van der Waals surface area contributed by atoms with Gasteiger partial charge in [0.05, 0.1) is 19.2 Å². The Labute approximate surface area is 202 Å². The largest absolute Gasteiger partial charge is 0.486 e. The Kier molecular flexibility index (Phi) is 7.26. The zero-order valence-corrected chi connectivity index (χ0v) is 20.1. The van der Waals surface area contributed by atoms with Crippen LogP contribution in [-0.4, -0.2) is 49.8 Å². The molecule has 0 saturated carbocycles. The summed E-state index contributed by atoms with van der Waals surface area (Å²) >= 11 is 3.38. The standard InChI is InChI=1S/C25H28N2O4S2/c28-25(18-26(15-20-4-1-9-29-20)16-21-5-2-12-32-21)27(17-22-6-3-13-33-22)19-7-8-23-24(14-19)31-11-10-30-23/h2-3,5-8,12-14,20H,1,4,9-11,15-18H2. The van der Waals surface area contributed by atoms with Gasteiger partial charge in [-0.1, -0.05) is 12.1 Å². The van der Waals surface area contributed by atoms with Gasteiger partial charge < -0.3 is 19.1 Å². The molecule has 5 rings (SSSR count). The van der Waals surface area contributed by atoms with Crippen molar-refractivity contribution in [2.24, 2.45) is 0 Å². The minimum atomic E-state index is 0.0645. The molecule has 1 amide bonds. The summed E-state index contributed by atoms with van der Waals surface area (Å²) < 4.78 is 17.3. The molecule has 33 heavy (non-hydrogen) atoms. The van der Waals surface area contributed by atoms with Crippen LogP contribution in [0.5, 0.6) is 11.5 Å². The molecule has 0 radical (unpaired) electrons. The number of hydrogen-bond acceptors (Lipinski definition) is 7. The Morgan fingerprint density at radius 3 is 2.39 bits per heavy atom. The van der Waals surface area contributed by atoms with E-state index in [-0.39, 0.29) is 12.0 Å². The molecule has 0 aliphatic carbocycles. The van der Waals surface area contributed by atoms with Gasteiger partial charge in [-0.3, -0.25) is 9.69 Å². The van der Waals surface area contributed by atoms with E-state index in [4.69, 9.17) is 14.2 Å². The van der Waals surface area contributed by atoms with Gasteiger partial charge in [-0.15, -0.1) is 22.7 Å². The number of nitrogens with zero attached hydrogens (tertiary/aromatic N) is 2. The van der Waals surface area contributed by atoms with Crippen LogP contribution in [0, 0.1) is 0 Å². The normalized spacial score (nSPS) is 17.4. The van der Waals surface area contributed by atoms with Gasteiger partial charge in [0.2, 0.25) is 5.91 Å². The molecule has 4 heterocycles. The molecular formula is C25H28N2O4S2. The quantitative estimate of drug-likeness (QED) is 0.437. The lowest BCUT2D eigenvalue weighted by atomic mass is 10.2. The highest BCUT2D eigenvalue weighted by molar-refractivity contribution is 7.10. The molecule has 1 aromatic carbocycles. The summed E-state index contributed by atoms with van der Waals surface area (Å²) in [6.07, 6.45) is 2.33. The highest BCUT2D eigenvalue weighted by Gasteiger charge is 2.25. The van der Waals surface area contributed by atoms with Gasteiger partial charge in [0.15, 0.2) is 11.5 Å². The average Bonchev–Trinajstić information content (AvgIpc) is 3.61. The fourth-order valence-corrected chi connectivity index (χ4v) is 5.68. The van der Waals surface area contributed by atoms with Gasteiger partial charge in [-0.25, -0.2) is 0 Å². The fraction of sp³-hybridized carbons (Fsp3) is 0.400. The molecule has 2 aliphatic heterocycles. The lowest BCUT2D eigenvalue weighted by Gasteiger charge is -2.29. The van der Waals surface area contributed by atoms with Crippen molar-refractivity contribution >= 4 is 34.3 Å². The van der Waals surface area contributed by atoms with Gasteiger partial charge in [-0.05, 0) is 47.9 Å². The molecule has 1 atom stereocenters. The predicted molar refractivity (Wildman–Crippen MR) is 132 cm³/mol. The smallest absolute Gasteiger partial charge is 0.241 e. The number of amides is 1. The summed E-state index contributed by atoms with van der Waals surface area (Å²) in [5, 5.41) is 4.13. The van der Waals surface area contributed by atoms with Crippen LogP contribution in [0.4, 0.5) is 5.69 Å². The Hall–Kier alpha value is -2.39. The lowest BCUT2D eigenvalue weighted by molar-refractivity contribution is -0.120. The molecule has 0 spiro atoms. The van der Waals surface area contributed by atoms with Crippen molar-refractivity contribution in [1.82, 2.24) is 4.90 Å². The molecule has 3 aromatic rings. The third kappa shape index (κ3) is 5.76. The SMILES string of the molecule is O=C(CN(Cc1cccs1)CC1CCCO1)N(Cc1cccs1)c1ccc2c(c1)OCCO2. The van der Waals surface area contributed by atoms with Crippen molar-refractivity contribution in [3.05, 3.63) is 63.0 Å². The first-order chi connectivity index (χ1) is 16.2. The molecule has 8 heteroatoms. The molecular weight excluding hydrogens is 456 g/mol. The number of rotatable bonds is 9. The highest BCUT2D eigenvalue weighted by Crippen LogP contribution is 2.35. The second-order valence-corrected chi connectivity index (χ2v) is 10.3. The molecule has 0 bridgehead atoms. The van der Waals surface area contributed by atoms with Crippen LogP contribution in [0.3, 0.4) is 0 Å². The Morgan fingerprint density at radius 2 is 1.70 bits per heavy atom. The number of ether oxygens (including phenoxy) is 3. The van der Waals surface area contributed by atoms with Gasteiger partial charge in [0, 0.05) is 41.2 Å². The first-order valence-corrected chi connectivity index (χ1v) is 13.1. The van der Waals surface area contributed by atoms with E-state index in [0.29, 0.717) is 32.1 Å². The second kappa shape index (κ2) is 10.7. The van der Waals surface area contributed by atoms with E-state index in [2.05, 4.69) is 28.5 Å². The second-order valence-electron chi connectivity index (χ2n) is 8.27. The van der Waals surface area contributed by atoms with Gasteiger partial charge in [0.1, 0.15) is 13.2 Å². The van der Waals surface area contributed by atoms with Gasteiger partial charge >= 0.3 is 0 Å². The number of carbonyl (C=O) groups excluding carboxylic acids is 1. The monoisotopic (exact) mass is 484 g/mol. The van der Waals surface area contributed by atoms with Crippen molar-refractivity contribution in [3.63, 3.8) is 0 Å². The number of benzene rings is 1. The molecule has 2 aliphatic rings. The Balaban J connectivity index is 1.37. The predicted octanol–water partition coefficient (Wildman–Crippen LogP) is 4.80. The van der Waals surface area contributed by atoms with Crippen molar-refractivity contribution in [1.29, 1.82) is 0 Å². The third-order valence-electron chi connectivity index (χ3n) is 5.84. The summed E-state index contributed by atoms with van der Waals surface area (Å²) in [6, 6.07) is 14.0. The molecule has 1 fully saturated rings. The minimum absolute atomic E-state index is 0.0645. The molecule has 174 valence electrons. The van der Waals surface area contributed by atoms with Crippen LogP contribution in [0.1, 0.15) is 22.6 Å². The van der Waals surface area contributed by atoms with Gasteiger partial charge in [-0.2, -0.15) is 0 Å². The Bertz CT molecular complexity index is 1030. The molecule has 1 unspecified atom stereocenters. The van der Waals surface area contributed by atoms with E-state index in [1.54, 1.807) is 22.7 Å². The first kappa shape index (κ1) is 22.4. The van der Waals surface area contributed by atoms with E-state index >= 15 is 0 Å². The summed E-state index contributed by atoms with van der Waals surface area (Å²) in [5.41, 5.74) is 0.825. The molecule has 1 saturated heterocycles. The number of anilines is 1. The zero-order chi connectivity index (χ0) is 22.5. The fourth-order valence-electron chi connectivity index (χ4n) is 4.24. The van der Waals surface area contributed by atoms with Crippen molar-refractivity contribution < 1.29 is 19.0 Å². The first-order valence-electron chi connectivity index (χ1n) is 11.3. The van der Waals surface area contributed by atoms with Gasteiger partial charge in [0.25, 0.3) is 0 Å². The van der Waals surface area contributed by atoms with E-state index in [0.717, 1.165) is 48.9 Å². The van der Waals surface area contributed by atoms with Crippen LogP contribution < -0.4 is 14.4 Å². The third-order valence-corrected chi connectivity index (χ3v) is 7.56. The molecule has 6 nitrogen and oxygen atoms in total. The van der Waals surface area contributed by atoms with Crippen LogP contribution in [-0.2, 0) is 22.6 Å². The number of thiophene rings is 2. The summed E-state index contributed by atoms with van der Waals surface area (Å²) in [7, 11) is 0. The number of carbonyl (C=O) groups is 1. The number of hydrogen-bond donors (Lipinski definition) is 0. The van der Waals surface area contributed by atoms with Crippen molar-refractivity contribution in [2.45, 2.75) is 32.0 Å². The average molecular weight is 485 g/mol. The lowest BCUT2D eigenvalue weighted by Crippen LogP contribution is -2.42.